The molecule has 0 spiro atoms. The molecular weight excluding hydrogens is 813 g/mol. The number of anilines is 4. The molecule has 0 heterocycles. The lowest BCUT2D eigenvalue weighted by Gasteiger charge is -2.15. The van der Waals surface area contributed by atoms with Gasteiger partial charge in [0.2, 0.25) is 0 Å². The van der Waals surface area contributed by atoms with Gasteiger partial charge in [0.25, 0.3) is 40.3 Å². The number of carbonyl (C=O) groups is 1. The Labute approximate surface area is 320 Å². The second kappa shape index (κ2) is 14.3. The lowest BCUT2D eigenvalue weighted by Crippen LogP contribution is -2.21. The summed E-state index contributed by atoms with van der Waals surface area (Å²) in [6.07, 6.45) is 0. The molecule has 56 heavy (non-hydrogen) atoms. The van der Waals surface area contributed by atoms with Gasteiger partial charge in [0, 0.05) is 34.3 Å². The molecule has 2 amide bonds. The summed E-state index contributed by atoms with van der Waals surface area (Å²) in [4.78, 5) is 11.6. The zero-order valence-electron chi connectivity index (χ0n) is 28.8. The van der Waals surface area contributed by atoms with Gasteiger partial charge in [-0.15, -0.1) is 0 Å². The minimum Gasteiger partial charge on any atom is -0.508 e. The smallest absolute Gasteiger partial charge is 0.323 e. The van der Waals surface area contributed by atoms with Crippen LogP contribution in [0.2, 0.25) is 0 Å². The van der Waals surface area contributed by atoms with E-state index in [1.165, 1.54) is 74.5 Å². The van der Waals surface area contributed by atoms with Crippen LogP contribution in [-0.4, -0.2) is 59.0 Å². The first-order valence-corrected chi connectivity index (χ1v) is 21.7. The molecule has 0 aliphatic heterocycles. The monoisotopic (exact) mass is 842 g/mol. The zero-order chi connectivity index (χ0) is 41.0. The van der Waals surface area contributed by atoms with Gasteiger partial charge < -0.3 is 20.8 Å². The van der Waals surface area contributed by atoms with E-state index in [2.05, 4.69) is 20.1 Å². The quantitative estimate of drug-likeness (QED) is 0.0763. The highest BCUT2D eigenvalue weighted by Crippen LogP contribution is 2.34. The number of amides is 2. The number of nitrogens with one attached hydrogen (secondary N) is 4. The summed E-state index contributed by atoms with van der Waals surface area (Å²) < 4.78 is 123. The third kappa shape index (κ3) is 8.46. The zero-order valence-corrected chi connectivity index (χ0v) is 32.1. The Kier molecular flexibility index (Phi) is 10.1. The molecule has 0 aromatic heterocycles. The molecule has 6 rings (SSSR count). The van der Waals surface area contributed by atoms with E-state index >= 15 is 0 Å². The highest BCUT2D eigenvalue weighted by atomic mass is 32.2. The van der Waals surface area contributed by atoms with Crippen LogP contribution in [0.5, 0.6) is 11.5 Å². The summed E-state index contributed by atoms with van der Waals surface area (Å²) >= 11 is 0. The van der Waals surface area contributed by atoms with E-state index < -0.39 is 56.1 Å². The summed E-state index contributed by atoms with van der Waals surface area (Å²) in [7, 11) is -17.7. The van der Waals surface area contributed by atoms with Crippen molar-refractivity contribution >= 4 is 90.6 Å². The van der Waals surface area contributed by atoms with Crippen molar-refractivity contribution in [2.45, 2.75) is 33.4 Å². The first kappa shape index (κ1) is 39.7. The average Bonchev–Trinajstić information content (AvgIpc) is 3.08. The Bertz CT molecular complexity index is 2880. The standard InChI is InChI=1S/C35H30N4O13S4/c1-19-11-25(53(43,44)38-33-17-23(40)13-21-15-27(55(47,48)49)3-7-29(21)33)5-9-31(19)36-35(42)37-32-10-6-26(12-20(32)2)54(45,46)39-34-18-24(41)14-22-16-28(56(50,51)52)4-8-30(22)34/h3-18,38-41H,1-2H3,(H2,36,37,42)(H,47,48,49)(H,50,51,52). The summed E-state index contributed by atoms with van der Waals surface area (Å²) in [5.41, 5.74) is 0.973. The predicted octanol–water partition coefficient (Wildman–Crippen LogP) is 5.76. The van der Waals surface area contributed by atoms with Gasteiger partial charge in [0.1, 0.15) is 11.5 Å². The highest BCUT2D eigenvalue weighted by Gasteiger charge is 2.22. The minimum atomic E-state index is -4.57. The van der Waals surface area contributed by atoms with Gasteiger partial charge in [-0.2, -0.15) is 16.8 Å². The molecule has 0 fully saturated rings. The van der Waals surface area contributed by atoms with Crippen molar-refractivity contribution in [2.24, 2.45) is 0 Å². The van der Waals surface area contributed by atoms with Crippen LogP contribution in [0.4, 0.5) is 27.5 Å². The number of fused-ring (bicyclic) bond motifs is 2. The fraction of sp³-hybridized carbons (Fsp3) is 0.0571. The van der Waals surface area contributed by atoms with Crippen molar-refractivity contribution in [3.8, 4) is 11.5 Å². The molecule has 21 heteroatoms. The first-order chi connectivity index (χ1) is 26.0. The normalized spacial score (nSPS) is 12.4. The van der Waals surface area contributed by atoms with Crippen LogP contribution in [0, 0.1) is 13.8 Å². The lowest BCUT2D eigenvalue weighted by molar-refractivity contribution is 0.262. The van der Waals surface area contributed by atoms with Crippen LogP contribution in [0.1, 0.15) is 11.1 Å². The van der Waals surface area contributed by atoms with Gasteiger partial charge >= 0.3 is 6.03 Å². The molecule has 292 valence electrons. The Balaban J connectivity index is 1.16. The first-order valence-electron chi connectivity index (χ1n) is 15.8. The Hall–Kier alpha value is -5.97. The molecule has 0 bridgehead atoms. The van der Waals surface area contributed by atoms with Crippen molar-refractivity contribution in [1.82, 2.24) is 0 Å². The number of carbonyl (C=O) groups excluding carboxylic acids is 1. The van der Waals surface area contributed by atoms with Crippen molar-refractivity contribution in [1.29, 1.82) is 0 Å². The fourth-order valence-corrected chi connectivity index (χ4v) is 9.07. The number of sulfonamides is 2. The summed E-state index contributed by atoms with van der Waals surface area (Å²) in [5, 5.41) is 26.3. The number of phenolic OH excluding ortho intramolecular Hbond substituents is 2. The van der Waals surface area contributed by atoms with Crippen molar-refractivity contribution in [3.63, 3.8) is 0 Å². The van der Waals surface area contributed by atoms with Gasteiger partial charge in [0.15, 0.2) is 0 Å². The van der Waals surface area contributed by atoms with Gasteiger partial charge in [0.05, 0.1) is 31.0 Å². The third-order valence-electron chi connectivity index (χ3n) is 8.41. The number of aryl methyl sites for hydroxylation is 2. The predicted molar refractivity (Wildman–Crippen MR) is 207 cm³/mol. The highest BCUT2D eigenvalue weighted by molar-refractivity contribution is 7.93. The van der Waals surface area contributed by atoms with Crippen molar-refractivity contribution in [3.05, 3.63) is 108 Å². The summed E-state index contributed by atoms with van der Waals surface area (Å²) in [6.45, 7) is 3.08. The van der Waals surface area contributed by atoms with Crippen LogP contribution in [0.15, 0.2) is 117 Å². The van der Waals surface area contributed by atoms with E-state index in [9.17, 15) is 57.8 Å². The summed E-state index contributed by atoms with van der Waals surface area (Å²) in [6, 6.07) is 18.4. The van der Waals surface area contributed by atoms with Crippen molar-refractivity contribution in [2.75, 3.05) is 20.1 Å². The molecule has 0 aliphatic rings. The number of rotatable bonds is 10. The van der Waals surface area contributed by atoms with Gasteiger partial charge in [-0.3, -0.25) is 18.5 Å². The summed E-state index contributed by atoms with van der Waals surface area (Å²) in [5.74, 6) is -0.758. The maximum absolute atomic E-state index is 13.4. The van der Waals surface area contributed by atoms with Crippen molar-refractivity contribution < 1.29 is 57.8 Å². The molecule has 6 aromatic rings. The maximum Gasteiger partial charge on any atom is 0.323 e. The Morgan fingerprint density at radius 2 is 0.821 bits per heavy atom. The van der Waals surface area contributed by atoms with Crippen LogP contribution >= 0.6 is 0 Å². The number of aromatic hydroxyl groups is 2. The number of hydrogen-bond acceptors (Lipinski definition) is 11. The SMILES string of the molecule is Cc1cc(S(=O)(=O)Nc2cc(O)cc3cc(S(=O)(=O)O)ccc23)ccc1NC(=O)Nc1ccc(S(=O)(=O)Nc2cc(O)cc3cc(S(=O)(=O)O)ccc23)cc1C. The molecule has 0 radical (unpaired) electrons. The molecule has 0 atom stereocenters. The van der Waals surface area contributed by atoms with E-state index in [1.54, 1.807) is 0 Å². The Morgan fingerprint density at radius 3 is 1.16 bits per heavy atom. The minimum absolute atomic E-state index is 0.0733. The molecule has 8 N–H and O–H groups in total. The van der Waals surface area contributed by atoms with Gasteiger partial charge in [-0.1, -0.05) is 12.1 Å². The molecule has 17 nitrogen and oxygen atoms in total. The van der Waals surface area contributed by atoms with E-state index in [1.807, 2.05) is 0 Å². The number of benzene rings is 6. The second-order valence-electron chi connectivity index (χ2n) is 12.4. The number of hydrogen-bond donors (Lipinski definition) is 8. The second-order valence-corrected chi connectivity index (χ2v) is 18.7. The topological polar surface area (TPSA) is 283 Å². The fourth-order valence-electron chi connectivity index (χ4n) is 5.72. The molecule has 6 aromatic carbocycles. The molecule has 0 unspecified atom stereocenters. The molecule has 0 saturated carbocycles. The van der Waals surface area contributed by atoms with E-state index in [-0.39, 0.29) is 65.6 Å². The van der Waals surface area contributed by atoms with Crippen LogP contribution < -0.4 is 20.1 Å². The third-order valence-corrected chi connectivity index (χ3v) is 12.8. The van der Waals surface area contributed by atoms with Crippen LogP contribution in [-0.2, 0) is 40.3 Å². The van der Waals surface area contributed by atoms with Crippen LogP contribution in [0.3, 0.4) is 0 Å². The Morgan fingerprint density at radius 1 is 0.464 bits per heavy atom. The largest absolute Gasteiger partial charge is 0.508 e. The molecular formula is C35H30N4O13S4. The number of phenols is 2. The average molecular weight is 843 g/mol. The molecule has 0 saturated heterocycles. The van der Waals surface area contributed by atoms with Gasteiger partial charge in [-0.25, -0.2) is 21.6 Å². The van der Waals surface area contributed by atoms with E-state index in [4.69, 9.17) is 0 Å². The van der Waals surface area contributed by atoms with Gasteiger partial charge in [-0.05, 0) is 109 Å². The van der Waals surface area contributed by atoms with Crippen LogP contribution in [0.25, 0.3) is 21.5 Å². The maximum atomic E-state index is 13.4. The van der Waals surface area contributed by atoms with E-state index in [0.29, 0.717) is 11.1 Å². The molecule has 0 aliphatic carbocycles. The lowest BCUT2D eigenvalue weighted by atomic mass is 10.1. The number of urea groups is 1. The van der Waals surface area contributed by atoms with E-state index in [0.717, 1.165) is 36.4 Å².